The molecule has 1 unspecified atom stereocenters. The van der Waals surface area contributed by atoms with Crippen LogP contribution in [0.4, 0.5) is 0 Å². The molecule has 0 saturated carbocycles. The monoisotopic (exact) mass is 461 g/mol. The Morgan fingerprint density at radius 1 is 0.879 bits per heavy atom. The molecule has 0 aliphatic rings. The Morgan fingerprint density at radius 3 is 1.91 bits per heavy atom. The minimum atomic E-state index is -1.49. The van der Waals surface area contributed by atoms with Crippen molar-refractivity contribution in [3.63, 3.8) is 0 Å². The van der Waals surface area contributed by atoms with Gasteiger partial charge in [-0.15, -0.1) is 0 Å². The number of esters is 1. The van der Waals surface area contributed by atoms with Crippen LogP contribution in [0.1, 0.15) is 43.4 Å². The average molecular weight is 462 g/mol. The normalized spacial score (nSPS) is 12.6. The van der Waals surface area contributed by atoms with Gasteiger partial charge in [-0.2, -0.15) is 0 Å². The van der Waals surface area contributed by atoms with Crippen LogP contribution in [0, 0.1) is 6.92 Å². The maximum Gasteiger partial charge on any atom is 0.336 e. The van der Waals surface area contributed by atoms with Gasteiger partial charge in [0.05, 0.1) is 23.1 Å². The number of ether oxygens (including phenoxy) is 1. The lowest BCUT2D eigenvalue weighted by Crippen LogP contribution is -2.36. The van der Waals surface area contributed by atoms with Gasteiger partial charge in [0.2, 0.25) is 0 Å². The molecule has 1 N–H and O–H groups in total. The predicted molar refractivity (Wildman–Crippen MR) is 135 cm³/mol. The zero-order valence-corrected chi connectivity index (χ0v) is 20.2. The van der Waals surface area contributed by atoms with Crippen LogP contribution in [0.15, 0.2) is 95.4 Å². The van der Waals surface area contributed by atoms with Gasteiger partial charge in [0, 0.05) is 5.57 Å². The van der Waals surface area contributed by atoms with E-state index in [9.17, 15) is 9.00 Å². The Bertz CT molecular complexity index is 1050. The zero-order chi connectivity index (χ0) is 23.6. The number of nitrogens with one attached hydrogen (secondary N) is 1. The van der Waals surface area contributed by atoms with Crippen LogP contribution in [-0.2, 0) is 20.5 Å². The summed E-state index contributed by atoms with van der Waals surface area (Å²) in [6, 6.07) is 26.8. The third-order valence-corrected chi connectivity index (χ3v) is 6.50. The van der Waals surface area contributed by atoms with Gasteiger partial charge < -0.3 is 4.74 Å². The van der Waals surface area contributed by atoms with E-state index in [2.05, 4.69) is 11.6 Å². The summed E-state index contributed by atoms with van der Waals surface area (Å²) in [5.41, 5.74) is 4.22. The van der Waals surface area contributed by atoms with Crippen LogP contribution in [0.5, 0.6) is 0 Å². The van der Waals surface area contributed by atoms with E-state index in [1.807, 2.05) is 91.9 Å². The van der Waals surface area contributed by atoms with Crippen molar-refractivity contribution in [1.29, 1.82) is 0 Å². The predicted octanol–water partition coefficient (Wildman–Crippen LogP) is 5.84. The summed E-state index contributed by atoms with van der Waals surface area (Å²) < 4.78 is 22.0. The van der Waals surface area contributed by atoms with E-state index in [0.29, 0.717) is 16.9 Å². The molecule has 3 aromatic carbocycles. The molecule has 3 rings (SSSR count). The molecule has 2 atom stereocenters. The topological polar surface area (TPSA) is 55.4 Å². The van der Waals surface area contributed by atoms with E-state index in [-0.39, 0.29) is 6.61 Å². The van der Waals surface area contributed by atoms with Gasteiger partial charge >= 0.3 is 5.97 Å². The van der Waals surface area contributed by atoms with Gasteiger partial charge in [-0.3, -0.25) is 0 Å². The molecular formula is C28H31NO3S. The number of hydrogen-bond acceptors (Lipinski definition) is 3. The van der Waals surface area contributed by atoms with E-state index in [4.69, 9.17) is 4.74 Å². The lowest BCUT2D eigenvalue weighted by molar-refractivity contribution is -0.138. The minimum absolute atomic E-state index is 0.263. The van der Waals surface area contributed by atoms with Gasteiger partial charge in [-0.25, -0.2) is 13.7 Å². The zero-order valence-electron chi connectivity index (χ0n) is 19.4. The van der Waals surface area contributed by atoms with Gasteiger partial charge in [0.1, 0.15) is 11.0 Å². The maximum absolute atomic E-state index is 13.4. The Labute approximate surface area is 199 Å². The number of aryl methyl sites for hydroxylation is 1. The SMILES string of the molecule is CCC[C@H](NS(=O)c1ccc(C)cc1)C(C(=O)OCC)=C(c1ccccc1)c1ccccc1. The number of carbonyl (C=O) groups excluding carboxylic acids is 1. The number of carbonyl (C=O) groups is 1. The van der Waals surface area contributed by atoms with Crippen molar-refractivity contribution in [2.24, 2.45) is 0 Å². The van der Waals surface area contributed by atoms with Crippen LogP contribution < -0.4 is 4.72 Å². The first-order valence-electron chi connectivity index (χ1n) is 11.3. The van der Waals surface area contributed by atoms with Gasteiger partial charge in [0.25, 0.3) is 0 Å². The molecule has 0 heterocycles. The summed E-state index contributed by atoms with van der Waals surface area (Å²) >= 11 is 0. The van der Waals surface area contributed by atoms with Crippen molar-refractivity contribution < 1.29 is 13.7 Å². The van der Waals surface area contributed by atoms with Crippen molar-refractivity contribution in [3.8, 4) is 0 Å². The second-order valence-electron chi connectivity index (χ2n) is 7.78. The summed E-state index contributed by atoms with van der Waals surface area (Å²) in [6.45, 7) is 6.11. The molecule has 0 saturated heterocycles. The molecule has 0 amide bonds. The number of hydrogen-bond donors (Lipinski definition) is 1. The minimum Gasteiger partial charge on any atom is -0.463 e. The van der Waals surface area contributed by atoms with Crippen LogP contribution in [0.2, 0.25) is 0 Å². The molecule has 4 nitrogen and oxygen atoms in total. The van der Waals surface area contributed by atoms with E-state index in [0.717, 1.165) is 28.7 Å². The highest BCUT2D eigenvalue weighted by Gasteiger charge is 2.28. The summed E-state index contributed by atoms with van der Waals surface area (Å²) in [6.07, 6.45) is 1.44. The summed E-state index contributed by atoms with van der Waals surface area (Å²) in [4.78, 5) is 14.1. The van der Waals surface area contributed by atoms with Crippen LogP contribution in [-0.4, -0.2) is 22.8 Å². The molecule has 0 aliphatic heterocycles. The summed E-state index contributed by atoms with van der Waals surface area (Å²) in [7, 11) is -1.49. The second kappa shape index (κ2) is 12.3. The first-order chi connectivity index (χ1) is 16.0. The molecule has 172 valence electrons. The molecule has 0 aromatic heterocycles. The third kappa shape index (κ3) is 6.50. The Kier molecular flexibility index (Phi) is 9.16. The fraction of sp³-hybridized carbons (Fsp3) is 0.250. The molecule has 0 bridgehead atoms. The Hall–Kier alpha value is -3.02. The van der Waals surface area contributed by atoms with Gasteiger partial charge in [-0.1, -0.05) is 91.7 Å². The van der Waals surface area contributed by atoms with Crippen molar-refractivity contribution in [3.05, 3.63) is 107 Å². The highest BCUT2D eigenvalue weighted by atomic mass is 32.2. The van der Waals surface area contributed by atoms with Gasteiger partial charge in [0.15, 0.2) is 0 Å². The highest BCUT2D eigenvalue weighted by Crippen LogP contribution is 2.31. The number of rotatable bonds is 10. The first-order valence-corrected chi connectivity index (χ1v) is 12.5. The van der Waals surface area contributed by atoms with E-state index in [1.165, 1.54) is 0 Å². The molecule has 0 spiro atoms. The van der Waals surface area contributed by atoms with Crippen LogP contribution in [0.25, 0.3) is 5.57 Å². The second-order valence-corrected chi connectivity index (χ2v) is 9.03. The van der Waals surface area contributed by atoms with Gasteiger partial charge in [-0.05, 0) is 43.5 Å². The van der Waals surface area contributed by atoms with E-state index >= 15 is 0 Å². The fourth-order valence-corrected chi connectivity index (χ4v) is 4.74. The summed E-state index contributed by atoms with van der Waals surface area (Å²) in [5.74, 6) is -0.396. The smallest absolute Gasteiger partial charge is 0.336 e. The van der Waals surface area contributed by atoms with Crippen molar-refractivity contribution in [1.82, 2.24) is 4.72 Å². The molecular weight excluding hydrogens is 430 g/mol. The van der Waals surface area contributed by atoms with E-state index in [1.54, 1.807) is 6.92 Å². The fourth-order valence-electron chi connectivity index (χ4n) is 3.72. The molecule has 33 heavy (non-hydrogen) atoms. The lowest BCUT2D eigenvalue weighted by Gasteiger charge is -2.24. The molecule has 5 heteroatoms. The third-order valence-electron chi connectivity index (χ3n) is 5.30. The summed E-state index contributed by atoms with van der Waals surface area (Å²) in [5, 5.41) is 0. The highest BCUT2D eigenvalue weighted by molar-refractivity contribution is 7.83. The number of benzene rings is 3. The molecule has 0 aliphatic carbocycles. The van der Waals surface area contributed by atoms with Crippen LogP contribution in [0.3, 0.4) is 0 Å². The maximum atomic E-state index is 13.4. The average Bonchev–Trinajstić information content (AvgIpc) is 2.84. The molecule has 0 radical (unpaired) electrons. The Morgan fingerprint density at radius 2 is 1.42 bits per heavy atom. The lowest BCUT2D eigenvalue weighted by atomic mass is 9.88. The molecule has 3 aromatic rings. The quantitative estimate of drug-likeness (QED) is 0.305. The first kappa shape index (κ1) is 24.6. The largest absolute Gasteiger partial charge is 0.463 e. The van der Waals surface area contributed by atoms with E-state index < -0.39 is 23.0 Å². The van der Waals surface area contributed by atoms with Crippen molar-refractivity contribution in [2.75, 3.05) is 6.61 Å². The van der Waals surface area contributed by atoms with Crippen molar-refractivity contribution in [2.45, 2.75) is 44.6 Å². The van der Waals surface area contributed by atoms with Crippen LogP contribution >= 0.6 is 0 Å². The molecule has 0 fully saturated rings. The van der Waals surface area contributed by atoms with Crippen molar-refractivity contribution >= 4 is 22.5 Å². The Balaban J connectivity index is 2.17. The standard InChI is InChI=1S/C28H31NO3S/c1-4-12-25(29-33(31)24-19-17-21(3)18-20-24)27(28(30)32-5-2)26(22-13-8-6-9-14-22)23-15-10-7-11-16-23/h6-11,13-20,25,29H,4-5,12H2,1-3H3/t25-,33?/m0/s1.